The molecule has 1 atom stereocenters. The van der Waals surface area contributed by atoms with Crippen molar-refractivity contribution in [3.63, 3.8) is 0 Å². The number of rotatable bonds is 3. The fraction of sp³-hybridized carbons (Fsp3) is 0.0417. The van der Waals surface area contributed by atoms with Crippen LogP contribution in [0.2, 0.25) is 0 Å². The summed E-state index contributed by atoms with van der Waals surface area (Å²) >= 11 is 0. The van der Waals surface area contributed by atoms with Crippen LogP contribution in [0.1, 0.15) is 22.7 Å². The monoisotopic (exact) mass is 416 g/mol. The zero-order valence-corrected chi connectivity index (χ0v) is 15.9. The fourth-order valence-electron chi connectivity index (χ4n) is 3.55. The van der Waals surface area contributed by atoms with E-state index >= 15 is 0 Å². The molecule has 0 aliphatic carbocycles. The molecule has 1 aliphatic heterocycles. The van der Waals surface area contributed by atoms with E-state index in [2.05, 4.69) is 0 Å². The van der Waals surface area contributed by atoms with E-state index in [0.717, 1.165) is 17.0 Å². The number of carbonyl (C=O) groups excluding carboxylic acids is 2. The van der Waals surface area contributed by atoms with Gasteiger partial charge in [0.05, 0.1) is 23.2 Å². The van der Waals surface area contributed by atoms with Crippen LogP contribution in [-0.2, 0) is 9.59 Å². The lowest BCUT2D eigenvalue weighted by Crippen LogP contribution is -2.29. The highest BCUT2D eigenvalue weighted by molar-refractivity contribution is 6.51. The Hall–Kier alpha value is -4.31. The van der Waals surface area contributed by atoms with Gasteiger partial charge >= 0.3 is 0 Å². The number of benzene rings is 3. The summed E-state index contributed by atoms with van der Waals surface area (Å²) < 4.78 is 28.1. The number of anilines is 1. The molecule has 1 unspecified atom stereocenters. The Morgan fingerprint density at radius 2 is 1.58 bits per heavy atom. The number of aliphatic hydroxyl groups is 1. The van der Waals surface area contributed by atoms with E-state index < -0.39 is 35.1 Å². The molecule has 3 aromatic carbocycles. The zero-order valence-electron chi connectivity index (χ0n) is 15.9. The largest absolute Gasteiger partial charge is 0.507 e. The van der Waals surface area contributed by atoms with Crippen LogP contribution in [0.4, 0.5) is 14.5 Å². The minimum atomic E-state index is -1.25. The first kappa shape index (κ1) is 20.0. The fourth-order valence-corrected chi connectivity index (χ4v) is 3.55. The molecule has 1 fully saturated rings. The van der Waals surface area contributed by atoms with E-state index in [0.29, 0.717) is 5.56 Å². The normalized spacial score (nSPS) is 17.6. The predicted octanol–water partition coefficient (Wildman–Crippen LogP) is 4.46. The lowest BCUT2D eigenvalue weighted by Gasteiger charge is -2.25. The number of amides is 1. The van der Waals surface area contributed by atoms with Crippen molar-refractivity contribution >= 4 is 23.1 Å². The molecule has 0 aromatic heterocycles. The number of ketones is 1. The molecule has 1 saturated heterocycles. The van der Waals surface area contributed by atoms with Gasteiger partial charge < -0.3 is 5.11 Å². The molecule has 0 bridgehead atoms. The first-order chi connectivity index (χ1) is 14.9. The molecular weight excluding hydrogens is 402 g/mol. The van der Waals surface area contributed by atoms with Gasteiger partial charge in [-0.2, -0.15) is 5.26 Å². The molecule has 0 radical (unpaired) electrons. The Kier molecular flexibility index (Phi) is 5.05. The molecule has 7 heteroatoms. The number of hydrogen-bond donors (Lipinski definition) is 1. The molecule has 5 nitrogen and oxygen atoms in total. The summed E-state index contributed by atoms with van der Waals surface area (Å²) in [5.74, 6) is -3.71. The summed E-state index contributed by atoms with van der Waals surface area (Å²) in [5.41, 5.74) is 0.406. The maximum absolute atomic E-state index is 14.7. The lowest BCUT2D eigenvalue weighted by molar-refractivity contribution is -0.132. The first-order valence-electron chi connectivity index (χ1n) is 9.24. The summed E-state index contributed by atoms with van der Waals surface area (Å²) in [4.78, 5) is 27.0. The standard InChI is InChI=1S/C24H14F2N2O3/c25-16-9-7-15(8-10-16)22(29)20-21(18-3-1-2-4-19(18)26)28(24(31)23(20)30)17-11-5-14(13-27)6-12-17/h1-12,21,29H/b22-20-. The summed E-state index contributed by atoms with van der Waals surface area (Å²) in [5, 5.41) is 19.9. The van der Waals surface area contributed by atoms with Gasteiger partial charge in [0, 0.05) is 16.8 Å². The van der Waals surface area contributed by atoms with Gasteiger partial charge in [0.1, 0.15) is 17.4 Å². The Bertz CT molecular complexity index is 1260. The Balaban J connectivity index is 1.95. The number of nitrogens with zero attached hydrogens (tertiary/aromatic N) is 2. The van der Waals surface area contributed by atoms with Crippen molar-refractivity contribution in [2.45, 2.75) is 6.04 Å². The molecule has 1 amide bonds. The van der Waals surface area contributed by atoms with E-state index in [4.69, 9.17) is 5.26 Å². The van der Waals surface area contributed by atoms with Crippen molar-refractivity contribution < 1.29 is 23.5 Å². The van der Waals surface area contributed by atoms with Crippen LogP contribution in [0.5, 0.6) is 0 Å². The molecule has 1 N–H and O–H groups in total. The first-order valence-corrected chi connectivity index (χ1v) is 9.24. The molecule has 0 saturated carbocycles. The molecular formula is C24H14F2N2O3. The van der Waals surface area contributed by atoms with Crippen LogP contribution in [0, 0.1) is 23.0 Å². The molecule has 0 spiro atoms. The molecule has 31 heavy (non-hydrogen) atoms. The van der Waals surface area contributed by atoms with Crippen molar-refractivity contribution in [1.29, 1.82) is 5.26 Å². The SMILES string of the molecule is N#Cc1ccc(N2C(=O)C(=O)/C(=C(\O)c3ccc(F)cc3)C2c2ccccc2F)cc1. The highest BCUT2D eigenvalue weighted by Gasteiger charge is 2.47. The van der Waals surface area contributed by atoms with Gasteiger partial charge in [-0.1, -0.05) is 18.2 Å². The maximum Gasteiger partial charge on any atom is 0.300 e. The van der Waals surface area contributed by atoms with Crippen molar-refractivity contribution in [3.8, 4) is 6.07 Å². The third kappa shape index (κ3) is 3.45. The Morgan fingerprint density at radius 1 is 0.935 bits per heavy atom. The van der Waals surface area contributed by atoms with Crippen LogP contribution in [0.3, 0.4) is 0 Å². The second kappa shape index (κ2) is 7.84. The van der Waals surface area contributed by atoms with E-state index in [-0.39, 0.29) is 22.4 Å². The Labute approximate surface area is 176 Å². The minimum absolute atomic E-state index is 0.00900. The van der Waals surface area contributed by atoms with Crippen LogP contribution >= 0.6 is 0 Å². The smallest absolute Gasteiger partial charge is 0.300 e. The average molecular weight is 416 g/mol. The zero-order chi connectivity index (χ0) is 22.1. The number of halogens is 2. The second-order valence-corrected chi connectivity index (χ2v) is 6.86. The van der Waals surface area contributed by atoms with Crippen molar-refractivity contribution in [3.05, 3.63) is 107 Å². The van der Waals surface area contributed by atoms with Gasteiger partial charge in [-0.25, -0.2) is 8.78 Å². The average Bonchev–Trinajstić information content (AvgIpc) is 3.04. The van der Waals surface area contributed by atoms with Crippen LogP contribution < -0.4 is 4.90 Å². The number of Topliss-reactive ketones (excluding diaryl/α,β-unsaturated/α-hetero) is 1. The van der Waals surface area contributed by atoms with Crippen LogP contribution in [0.15, 0.2) is 78.4 Å². The predicted molar refractivity (Wildman–Crippen MR) is 109 cm³/mol. The quantitative estimate of drug-likeness (QED) is 0.388. The number of hydrogen-bond acceptors (Lipinski definition) is 4. The van der Waals surface area contributed by atoms with Gasteiger partial charge in [-0.05, 0) is 54.6 Å². The topological polar surface area (TPSA) is 81.4 Å². The third-order valence-electron chi connectivity index (χ3n) is 5.04. The number of aliphatic hydroxyl groups excluding tert-OH is 1. The summed E-state index contributed by atoms with van der Waals surface area (Å²) in [7, 11) is 0. The molecule has 4 rings (SSSR count). The highest BCUT2D eigenvalue weighted by atomic mass is 19.1. The van der Waals surface area contributed by atoms with Gasteiger partial charge in [0.25, 0.3) is 11.7 Å². The molecule has 3 aromatic rings. The third-order valence-corrected chi connectivity index (χ3v) is 5.04. The second-order valence-electron chi connectivity index (χ2n) is 6.86. The molecule has 1 aliphatic rings. The van der Waals surface area contributed by atoms with Crippen molar-refractivity contribution in [2.75, 3.05) is 4.90 Å². The number of nitriles is 1. The lowest BCUT2D eigenvalue weighted by atomic mass is 9.94. The minimum Gasteiger partial charge on any atom is -0.507 e. The van der Waals surface area contributed by atoms with Gasteiger partial charge in [-0.15, -0.1) is 0 Å². The number of carbonyl (C=O) groups is 2. The van der Waals surface area contributed by atoms with E-state index in [1.807, 2.05) is 6.07 Å². The summed E-state index contributed by atoms with van der Waals surface area (Å²) in [6.45, 7) is 0. The molecule has 1 heterocycles. The highest BCUT2D eigenvalue weighted by Crippen LogP contribution is 2.42. The van der Waals surface area contributed by atoms with Gasteiger partial charge in [-0.3, -0.25) is 14.5 Å². The maximum atomic E-state index is 14.7. The van der Waals surface area contributed by atoms with Gasteiger partial charge in [0.2, 0.25) is 0 Å². The Morgan fingerprint density at radius 3 is 2.19 bits per heavy atom. The summed E-state index contributed by atoms with van der Waals surface area (Å²) in [6, 6.07) is 16.9. The van der Waals surface area contributed by atoms with Gasteiger partial charge in [0.15, 0.2) is 0 Å². The van der Waals surface area contributed by atoms with E-state index in [1.54, 1.807) is 6.07 Å². The summed E-state index contributed by atoms with van der Waals surface area (Å²) in [6.07, 6.45) is 0. The molecule has 152 valence electrons. The van der Waals surface area contributed by atoms with Crippen molar-refractivity contribution in [1.82, 2.24) is 0 Å². The van der Waals surface area contributed by atoms with Crippen LogP contribution in [-0.4, -0.2) is 16.8 Å². The van der Waals surface area contributed by atoms with Crippen LogP contribution in [0.25, 0.3) is 5.76 Å². The van der Waals surface area contributed by atoms with E-state index in [9.17, 15) is 23.5 Å². The van der Waals surface area contributed by atoms with Crippen molar-refractivity contribution in [2.24, 2.45) is 0 Å². The van der Waals surface area contributed by atoms with E-state index in [1.165, 1.54) is 54.6 Å².